The Hall–Kier alpha value is -1.23. The van der Waals surface area contributed by atoms with Crippen molar-refractivity contribution >= 4 is 23.1 Å². The molecule has 1 saturated heterocycles. The van der Waals surface area contributed by atoms with Crippen LogP contribution >= 0.6 is 11.8 Å². The minimum atomic E-state index is -0.305. The van der Waals surface area contributed by atoms with Crippen molar-refractivity contribution in [1.82, 2.24) is 0 Å². The van der Waals surface area contributed by atoms with Gasteiger partial charge in [-0.3, -0.25) is 10.1 Å². The fraction of sp³-hybridized carbons (Fsp3) is 0.600. The summed E-state index contributed by atoms with van der Waals surface area (Å²) in [6.07, 6.45) is 1.17. The molecule has 1 aliphatic heterocycles. The first kappa shape index (κ1) is 15.2. The summed E-state index contributed by atoms with van der Waals surface area (Å²) < 4.78 is 0. The van der Waals surface area contributed by atoms with E-state index in [9.17, 15) is 10.1 Å². The number of aryl methyl sites for hydroxylation is 2. The molecule has 1 fully saturated rings. The highest BCUT2D eigenvalue weighted by atomic mass is 32.2. The van der Waals surface area contributed by atoms with Crippen LogP contribution in [0.3, 0.4) is 0 Å². The molecule has 0 bridgehead atoms. The molecule has 0 spiro atoms. The van der Waals surface area contributed by atoms with Crippen LogP contribution in [-0.2, 0) is 0 Å². The Balaban J connectivity index is 2.29. The van der Waals surface area contributed by atoms with Crippen LogP contribution in [0.4, 0.5) is 11.4 Å². The summed E-state index contributed by atoms with van der Waals surface area (Å²) >= 11 is 1.95. The van der Waals surface area contributed by atoms with Crippen molar-refractivity contribution in [3.05, 3.63) is 33.4 Å². The molecule has 0 radical (unpaired) electrons. The molecule has 5 heteroatoms. The summed E-state index contributed by atoms with van der Waals surface area (Å²) in [5, 5.41) is 14.6. The van der Waals surface area contributed by atoms with E-state index in [2.05, 4.69) is 19.2 Å². The summed E-state index contributed by atoms with van der Waals surface area (Å²) in [6.45, 7) is 8.32. The number of hydrogen-bond donors (Lipinski definition) is 1. The third-order valence-corrected chi connectivity index (χ3v) is 5.25. The molecule has 0 saturated carbocycles. The van der Waals surface area contributed by atoms with E-state index in [0.29, 0.717) is 6.04 Å². The first-order valence-corrected chi connectivity index (χ1v) is 8.06. The number of anilines is 1. The quantitative estimate of drug-likeness (QED) is 0.672. The van der Waals surface area contributed by atoms with Crippen LogP contribution in [0.5, 0.6) is 0 Å². The molecule has 2 rings (SSSR count). The van der Waals surface area contributed by atoms with Crippen LogP contribution < -0.4 is 5.32 Å². The molecule has 1 aromatic rings. The zero-order valence-electron chi connectivity index (χ0n) is 12.5. The number of rotatable bonds is 3. The summed E-state index contributed by atoms with van der Waals surface area (Å²) in [5.74, 6) is 2.24. The van der Waals surface area contributed by atoms with Gasteiger partial charge in [-0.2, -0.15) is 11.8 Å². The zero-order chi connectivity index (χ0) is 14.9. The van der Waals surface area contributed by atoms with Gasteiger partial charge in [-0.05, 0) is 43.1 Å². The summed E-state index contributed by atoms with van der Waals surface area (Å²) in [4.78, 5) is 10.8. The van der Waals surface area contributed by atoms with Gasteiger partial charge in [0.25, 0.3) is 5.69 Å². The Morgan fingerprint density at radius 2 is 2.05 bits per heavy atom. The summed E-state index contributed by atoms with van der Waals surface area (Å²) in [6, 6.07) is 3.92. The fourth-order valence-corrected chi connectivity index (χ4v) is 4.16. The molecule has 110 valence electrons. The Morgan fingerprint density at radius 1 is 1.35 bits per heavy atom. The lowest BCUT2D eigenvalue weighted by Crippen LogP contribution is -2.41. The van der Waals surface area contributed by atoms with E-state index in [-0.39, 0.29) is 16.0 Å². The molecule has 4 nitrogen and oxygen atoms in total. The Bertz CT molecular complexity index is 529. The van der Waals surface area contributed by atoms with Gasteiger partial charge >= 0.3 is 0 Å². The predicted molar refractivity (Wildman–Crippen MR) is 85.7 cm³/mol. The molecule has 1 heterocycles. The molecular weight excluding hydrogens is 272 g/mol. The zero-order valence-corrected chi connectivity index (χ0v) is 13.3. The number of nitrogens with one attached hydrogen (secondary N) is 1. The number of hydrogen-bond acceptors (Lipinski definition) is 4. The first-order valence-electron chi connectivity index (χ1n) is 6.91. The number of nitro groups is 1. The molecule has 1 atom stereocenters. The average molecular weight is 294 g/mol. The van der Waals surface area contributed by atoms with Crippen LogP contribution in [0.25, 0.3) is 0 Å². The van der Waals surface area contributed by atoms with Crippen LogP contribution in [-0.4, -0.2) is 22.5 Å². The van der Waals surface area contributed by atoms with E-state index in [4.69, 9.17) is 0 Å². The predicted octanol–water partition coefficient (Wildman–Crippen LogP) is 4.16. The lowest BCUT2D eigenvalue weighted by molar-refractivity contribution is -0.385. The van der Waals surface area contributed by atoms with E-state index in [1.807, 2.05) is 24.8 Å². The van der Waals surface area contributed by atoms with E-state index < -0.39 is 0 Å². The fourth-order valence-electron chi connectivity index (χ4n) is 2.55. The molecule has 1 unspecified atom stereocenters. The third-order valence-electron chi connectivity index (χ3n) is 4.19. The van der Waals surface area contributed by atoms with Gasteiger partial charge in [0.1, 0.15) is 0 Å². The molecular formula is C15H22N2O2S. The van der Waals surface area contributed by atoms with Gasteiger partial charge in [-0.25, -0.2) is 0 Å². The molecule has 20 heavy (non-hydrogen) atoms. The normalized spacial score (nSPS) is 21.5. The highest BCUT2D eigenvalue weighted by Gasteiger charge is 2.33. The molecule has 0 aromatic heterocycles. The maximum absolute atomic E-state index is 11.1. The number of nitrogens with zero attached hydrogens (tertiary/aromatic N) is 1. The molecule has 1 aliphatic rings. The Labute approximate surface area is 124 Å². The number of benzene rings is 1. The SMILES string of the molecule is Cc1cc(C)c([N+](=O)[O-])cc1NC1CSCCC1(C)C. The van der Waals surface area contributed by atoms with Crippen LogP contribution in [0.2, 0.25) is 0 Å². The highest BCUT2D eigenvalue weighted by molar-refractivity contribution is 7.99. The van der Waals surface area contributed by atoms with Gasteiger partial charge in [0.15, 0.2) is 0 Å². The van der Waals surface area contributed by atoms with E-state index >= 15 is 0 Å². The minimum Gasteiger partial charge on any atom is -0.381 e. The van der Waals surface area contributed by atoms with Crippen molar-refractivity contribution in [1.29, 1.82) is 0 Å². The van der Waals surface area contributed by atoms with Crippen molar-refractivity contribution in [3.63, 3.8) is 0 Å². The molecule has 0 aliphatic carbocycles. The Kier molecular flexibility index (Phi) is 4.28. The Morgan fingerprint density at radius 3 is 2.65 bits per heavy atom. The van der Waals surface area contributed by atoms with Gasteiger partial charge < -0.3 is 5.32 Å². The monoisotopic (exact) mass is 294 g/mol. The van der Waals surface area contributed by atoms with E-state index in [0.717, 1.165) is 22.6 Å². The first-order chi connectivity index (χ1) is 9.31. The van der Waals surface area contributed by atoms with Crippen LogP contribution in [0.1, 0.15) is 31.4 Å². The number of nitro benzene ring substituents is 1. The average Bonchev–Trinajstić information content (AvgIpc) is 2.34. The maximum atomic E-state index is 11.1. The number of thioether (sulfide) groups is 1. The largest absolute Gasteiger partial charge is 0.381 e. The standard InChI is InChI=1S/C15H22N2O2S/c1-10-7-11(2)13(17(18)19)8-12(10)16-14-9-20-6-5-15(14,3)4/h7-8,14,16H,5-6,9H2,1-4H3. The second-order valence-corrected chi connectivity index (χ2v) is 7.37. The molecule has 1 N–H and O–H groups in total. The topological polar surface area (TPSA) is 55.2 Å². The smallest absolute Gasteiger partial charge is 0.274 e. The lowest BCUT2D eigenvalue weighted by atomic mass is 9.82. The van der Waals surface area contributed by atoms with Gasteiger partial charge in [0, 0.05) is 29.1 Å². The van der Waals surface area contributed by atoms with Crippen molar-refractivity contribution in [2.24, 2.45) is 5.41 Å². The maximum Gasteiger partial charge on any atom is 0.274 e. The second kappa shape index (κ2) is 5.64. The van der Waals surface area contributed by atoms with Gasteiger partial charge in [-0.15, -0.1) is 0 Å². The van der Waals surface area contributed by atoms with Gasteiger partial charge in [-0.1, -0.05) is 13.8 Å². The minimum absolute atomic E-state index is 0.194. The second-order valence-electron chi connectivity index (χ2n) is 6.22. The molecule has 0 amide bonds. The van der Waals surface area contributed by atoms with Crippen LogP contribution in [0.15, 0.2) is 12.1 Å². The van der Waals surface area contributed by atoms with Crippen molar-refractivity contribution < 1.29 is 4.92 Å². The highest BCUT2D eigenvalue weighted by Crippen LogP contribution is 2.37. The van der Waals surface area contributed by atoms with Crippen LogP contribution in [0, 0.1) is 29.4 Å². The third kappa shape index (κ3) is 3.08. The summed E-state index contributed by atoms with van der Waals surface area (Å²) in [7, 11) is 0. The van der Waals surface area contributed by atoms with E-state index in [1.165, 1.54) is 12.2 Å². The summed E-state index contributed by atoms with van der Waals surface area (Å²) in [5.41, 5.74) is 3.09. The van der Waals surface area contributed by atoms with Crippen molar-refractivity contribution in [2.75, 3.05) is 16.8 Å². The van der Waals surface area contributed by atoms with Crippen molar-refractivity contribution in [2.45, 2.75) is 40.2 Å². The van der Waals surface area contributed by atoms with E-state index in [1.54, 1.807) is 13.0 Å². The molecule has 1 aromatic carbocycles. The van der Waals surface area contributed by atoms with Gasteiger partial charge in [0.05, 0.1) is 4.92 Å². The van der Waals surface area contributed by atoms with Gasteiger partial charge in [0.2, 0.25) is 0 Å². The lowest BCUT2D eigenvalue weighted by Gasteiger charge is -2.39. The van der Waals surface area contributed by atoms with Crippen molar-refractivity contribution in [3.8, 4) is 0 Å².